The number of rotatable bonds is 8. The number of fused-ring (bicyclic) bond motifs is 3. The van der Waals surface area contributed by atoms with Crippen LogP contribution in [0.2, 0.25) is 0 Å². The number of nitrogens with one attached hydrogen (secondary N) is 1. The fraction of sp³-hybridized carbons (Fsp3) is 0.824. The highest BCUT2D eigenvalue weighted by molar-refractivity contribution is 5.79. The van der Waals surface area contributed by atoms with Gasteiger partial charge in [0.2, 0.25) is 5.91 Å². The molecule has 0 saturated carbocycles. The fourth-order valence-electron chi connectivity index (χ4n) is 4.07. The molecule has 4 atom stereocenters. The summed E-state index contributed by atoms with van der Waals surface area (Å²) in [6.45, 7) is 4.76. The first kappa shape index (κ1) is 18.3. The summed E-state index contributed by atoms with van der Waals surface area (Å²) >= 11 is 0. The Morgan fingerprint density at radius 2 is 2.32 bits per heavy atom. The van der Waals surface area contributed by atoms with Crippen molar-refractivity contribution in [2.45, 2.75) is 32.0 Å². The highest BCUT2D eigenvalue weighted by atomic mass is 16.5. The van der Waals surface area contributed by atoms with Crippen LogP contribution in [-0.4, -0.2) is 84.2 Å². The molecule has 3 saturated heterocycles. The van der Waals surface area contributed by atoms with Crippen LogP contribution in [0.25, 0.3) is 0 Å². The maximum Gasteiger partial charge on any atom is 0.224 e. The van der Waals surface area contributed by atoms with E-state index >= 15 is 0 Å². The summed E-state index contributed by atoms with van der Waals surface area (Å²) in [6.07, 6.45) is 4.21. The summed E-state index contributed by atoms with van der Waals surface area (Å²) in [7, 11) is 5.71. The van der Waals surface area contributed by atoms with Gasteiger partial charge in [-0.1, -0.05) is 5.21 Å². The van der Waals surface area contributed by atoms with Gasteiger partial charge >= 0.3 is 0 Å². The summed E-state index contributed by atoms with van der Waals surface area (Å²) in [6, 6.07) is 0.454. The Hall–Kier alpha value is -1.51. The zero-order valence-corrected chi connectivity index (χ0v) is 15.5. The molecule has 4 heterocycles. The normalized spacial score (nSPS) is 28.5. The average molecular weight is 350 g/mol. The van der Waals surface area contributed by atoms with E-state index in [4.69, 9.17) is 4.74 Å². The summed E-state index contributed by atoms with van der Waals surface area (Å²) in [5.74, 6) is 0.767. The van der Waals surface area contributed by atoms with Gasteiger partial charge in [0.25, 0.3) is 0 Å². The molecular weight excluding hydrogens is 320 g/mol. The van der Waals surface area contributed by atoms with Crippen molar-refractivity contribution >= 4 is 5.91 Å². The molecule has 0 aromatic carbocycles. The molecule has 1 aromatic rings. The van der Waals surface area contributed by atoms with Gasteiger partial charge in [-0.05, 0) is 39.4 Å². The molecular formula is C17H30N6O2. The lowest BCUT2D eigenvalue weighted by atomic mass is 9.75. The maximum atomic E-state index is 12.4. The van der Waals surface area contributed by atoms with Gasteiger partial charge < -0.3 is 15.0 Å². The van der Waals surface area contributed by atoms with Crippen LogP contribution in [0.3, 0.4) is 0 Å². The molecule has 4 unspecified atom stereocenters. The molecule has 0 spiro atoms. The van der Waals surface area contributed by atoms with E-state index in [0.29, 0.717) is 25.1 Å². The predicted octanol–water partition coefficient (Wildman–Crippen LogP) is -0.187. The van der Waals surface area contributed by atoms with Crippen LogP contribution in [0.1, 0.15) is 18.5 Å². The van der Waals surface area contributed by atoms with E-state index in [1.165, 1.54) is 0 Å². The van der Waals surface area contributed by atoms with Crippen molar-refractivity contribution in [1.82, 2.24) is 30.1 Å². The topological polar surface area (TPSA) is 75.5 Å². The third-order valence-corrected chi connectivity index (χ3v) is 5.28. The number of ether oxygens (including phenoxy) is 1. The molecule has 140 valence electrons. The monoisotopic (exact) mass is 350 g/mol. The average Bonchev–Trinajstić information content (AvgIpc) is 3.01. The number of methoxy groups -OCH3 is 1. The second-order valence-corrected chi connectivity index (χ2v) is 7.49. The van der Waals surface area contributed by atoms with Gasteiger partial charge in [-0.15, -0.1) is 5.10 Å². The minimum absolute atomic E-state index is 0.113. The molecule has 4 rings (SSSR count). The Morgan fingerprint density at radius 1 is 1.48 bits per heavy atom. The van der Waals surface area contributed by atoms with Crippen molar-refractivity contribution in [1.29, 1.82) is 0 Å². The molecule has 1 aromatic heterocycles. The van der Waals surface area contributed by atoms with Gasteiger partial charge in [0.1, 0.15) is 0 Å². The molecule has 3 aliphatic rings. The zero-order valence-electron chi connectivity index (χ0n) is 15.5. The Balaban J connectivity index is 1.53. The summed E-state index contributed by atoms with van der Waals surface area (Å²) in [4.78, 5) is 17.0. The van der Waals surface area contributed by atoms with E-state index in [0.717, 1.165) is 44.7 Å². The Morgan fingerprint density at radius 3 is 3.00 bits per heavy atom. The number of carbonyl (C=O) groups excluding carboxylic acids is 1. The van der Waals surface area contributed by atoms with Crippen LogP contribution in [0, 0.1) is 11.8 Å². The van der Waals surface area contributed by atoms with Crippen LogP contribution in [0.5, 0.6) is 0 Å². The molecule has 1 N–H and O–H groups in total. The van der Waals surface area contributed by atoms with Gasteiger partial charge in [-0.2, -0.15) is 0 Å². The zero-order chi connectivity index (χ0) is 17.8. The fourth-order valence-corrected chi connectivity index (χ4v) is 4.07. The smallest absolute Gasteiger partial charge is 0.224 e. The van der Waals surface area contributed by atoms with E-state index in [2.05, 4.69) is 25.4 Å². The number of carbonyl (C=O) groups is 1. The highest BCUT2D eigenvalue weighted by Gasteiger charge is 2.43. The molecule has 1 amide bonds. The molecule has 3 aliphatic heterocycles. The van der Waals surface area contributed by atoms with E-state index in [9.17, 15) is 4.79 Å². The van der Waals surface area contributed by atoms with Crippen LogP contribution in [0.15, 0.2) is 6.20 Å². The van der Waals surface area contributed by atoms with Crippen molar-refractivity contribution in [3.8, 4) is 0 Å². The number of amides is 1. The maximum absolute atomic E-state index is 12.4. The molecule has 8 heteroatoms. The SMILES string of the molecule is COCCNC(=O)C1CN2CCC1CC2Cn1cc(CN(C)C)nn1. The van der Waals surface area contributed by atoms with Crippen LogP contribution >= 0.6 is 0 Å². The van der Waals surface area contributed by atoms with Crippen LogP contribution < -0.4 is 5.32 Å². The summed E-state index contributed by atoms with van der Waals surface area (Å²) < 4.78 is 6.96. The predicted molar refractivity (Wildman–Crippen MR) is 93.9 cm³/mol. The van der Waals surface area contributed by atoms with Gasteiger partial charge in [0.15, 0.2) is 0 Å². The second-order valence-electron chi connectivity index (χ2n) is 7.49. The van der Waals surface area contributed by atoms with Crippen LogP contribution in [-0.2, 0) is 22.6 Å². The largest absolute Gasteiger partial charge is 0.383 e. The molecule has 25 heavy (non-hydrogen) atoms. The second kappa shape index (κ2) is 8.25. The Bertz CT molecular complexity index is 575. The first-order valence-electron chi connectivity index (χ1n) is 9.11. The Kier molecular flexibility index (Phi) is 6.03. The number of aromatic nitrogens is 3. The standard InChI is InChI=1S/C17H30N6O2/c1-21(2)9-14-10-23(20-19-14)11-15-8-13-4-6-22(15)12-16(13)17(24)18-5-7-25-3/h10,13,15-16H,4-9,11-12H2,1-3H3,(H,18,24). The van der Waals surface area contributed by atoms with Crippen LogP contribution in [0.4, 0.5) is 0 Å². The minimum Gasteiger partial charge on any atom is -0.383 e. The summed E-state index contributed by atoms with van der Waals surface area (Å²) in [5.41, 5.74) is 0.997. The number of hydrogen-bond acceptors (Lipinski definition) is 6. The number of piperidine rings is 3. The third-order valence-electron chi connectivity index (χ3n) is 5.28. The number of hydrogen-bond donors (Lipinski definition) is 1. The number of nitrogens with zero attached hydrogens (tertiary/aromatic N) is 5. The first-order chi connectivity index (χ1) is 12.1. The quantitative estimate of drug-likeness (QED) is 0.655. The molecule has 0 aliphatic carbocycles. The molecule has 2 bridgehead atoms. The molecule has 3 fully saturated rings. The van der Waals surface area contributed by atoms with E-state index < -0.39 is 0 Å². The van der Waals surface area contributed by atoms with Gasteiger partial charge in [0, 0.05) is 39.0 Å². The van der Waals surface area contributed by atoms with Gasteiger partial charge in [0.05, 0.1) is 24.8 Å². The third kappa shape index (κ3) is 4.56. The van der Waals surface area contributed by atoms with Crippen molar-refractivity contribution in [2.24, 2.45) is 11.8 Å². The Labute approximate surface area is 149 Å². The van der Waals surface area contributed by atoms with E-state index in [1.54, 1.807) is 7.11 Å². The van der Waals surface area contributed by atoms with E-state index in [-0.39, 0.29) is 11.8 Å². The summed E-state index contributed by atoms with van der Waals surface area (Å²) in [5, 5.41) is 11.5. The molecule has 8 nitrogen and oxygen atoms in total. The van der Waals surface area contributed by atoms with Crippen molar-refractivity contribution < 1.29 is 9.53 Å². The minimum atomic E-state index is 0.113. The van der Waals surface area contributed by atoms with Crippen molar-refractivity contribution in [2.75, 3.05) is 47.4 Å². The lowest BCUT2D eigenvalue weighted by molar-refractivity contribution is -0.133. The van der Waals surface area contributed by atoms with Gasteiger partial charge in [-0.25, -0.2) is 0 Å². The highest BCUT2D eigenvalue weighted by Crippen LogP contribution is 2.36. The van der Waals surface area contributed by atoms with Crippen molar-refractivity contribution in [3.05, 3.63) is 11.9 Å². The lowest BCUT2D eigenvalue weighted by Gasteiger charge is -2.49. The van der Waals surface area contributed by atoms with E-state index in [1.807, 2.05) is 25.0 Å². The lowest BCUT2D eigenvalue weighted by Crippen LogP contribution is -2.58. The van der Waals surface area contributed by atoms with Crippen molar-refractivity contribution in [3.63, 3.8) is 0 Å². The first-order valence-corrected chi connectivity index (χ1v) is 9.11. The van der Waals surface area contributed by atoms with Gasteiger partial charge in [-0.3, -0.25) is 14.4 Å². The molecule has 0 radical (unpaired) electrons.